The second-order valence-electron chi connectivity index (χ2n) is 2.10. The number of hydrogen-bond donors (Lipinski definition) is 0. The summed E-state index contributed by atoms with van der Waals surface area (Å²) < 4.78 is 24.0. The monoisotopic (exact) mass is 169 g/mol. The van der Waals surface area contributed by atoms with Crippen LogP contribution < -0.4 is 0 Å². The van der Waals surface area contributed by atoms with Gasteiger partial charge < -0.3 is 0 Å². The first kappa shape index (κ1) is 8.56. The van der Waals surface area contributed by atoms with Crippen molar-refractivity contribution in [2.75, 3.05) is 0 Å². The highest BCUT2D eigenvalue weighted by Crippen LogP contribution is 2.21. The lowest BCUT2D eigenvalue weighted by Crippen LogP contribution is -1.80. The van der Waals surface area contributed by atoms with Crippen LogP contribution >= 0.6 is 0 Å². The molecule has 1 aromatic rings. The maximum atomic E-state index is 12.0. The third-order valence-corrected chi connectivity index (χ3v) is 1.32. The average Bonchev–Trinajstić information content (AvgIpc) is 2.06. The van der Waals surface area contributed by atoms with Crippen molar-refractivity contribution in [3.63, 3.8) is 0 Å². The SMILES string of the molecule is O=C=Nc1ccc(C(F)F)cc1. The predicted octanol–water partition coefficient (Wildman–Crippen LogP) is 2.59. The lowest BCUT2D eigenvalue weighted by Gasteiger charge is -1.97. The number of carbonyl (C=O) groups excluding carboxylic acids is 1. The highest BCUT2D eigenvalue weighted by atomic mass is 19.3. The Morgan fingerprint density at radius 2 is 1.83 bits per heavy atom. The van der Waals surface area contributed by atoms with E-state index in [0.29, 0.717) is 5.69 Å². The van der Waals surface area contributed by atoms with Gasteiger partial charge in [-0.2, -0.15) is 4.99 Å². The van der Waals surface area contributed by atoms with E-state index in [1.165, 1.54) is 30.3 Å². The summed E-state index contributed by atoms with van der Waals surface area (Å²) in [5.41, 5.74) is 0.245. The van der Waals surface area contributed by atoms with Crippen LogP contribution in [-0.4, -0.2) is 6.08 Å². The highest BCUT2D eigenvalue weighted by Gasteiger charge is 2.04. The van der Waals surface area contributed by atoms with Crippen LogP contribution in [0.15, 0.2) is 29.3 Å². The molecule has 0 fully saturated rings. The molecule has 62 valence electrons. The van der Waals surface area contributed by atoms with Crippen molar-refractivity contribution in [3.05, 3.63) is 29.8 Å². The average molecular weight is 169 g/mol. The highest BCUT2D eigenvalue weighted by molar-refractivity contribution is 5.49. The van der Waals surface area contributed by atoms with E-state index in [1.807, 2.05) is 0 Å². The van der Waals surface area contributed by atoms with Crippen molar-refractivity contribution in [2.24, 2.45) is 4.99 Å². The van der Waals surface area contributed by atoms with E-state index in [0.717, 1.165) is 0 Å². The molecule has 0 aliphatic heterocycles. The number of hydrogen-bond acceptors (Lipinski definition) is 2. The number of alkyl halides is 2. The molecule has 1 aromatic carbocycles. The van der Waals surface area contributed by atoms with Gasteiger partial charge in [-0.1, -0.05) is 12.1 Å². The Bertz CT molecular complexity index is 301. The molecular weight excluding hydrogens is 164 g/mol. The summed E-state index contributed by atoms with van der Waals surface area (Å²) in [6, 6.07) is 5.13. The van der Waals surface area contributed by atoms with Crippen LogP contribution in [-0.2, 0) is 4.79 Å². The minimum absolute atomic E-state index is 0.0835. The van der Waals surface area contributed by atoms with Crippen molar-refractivity contribution in [1.29, 1.82) is 0 Å². The minimum atomic E-state index is -2.49. The van der Waals surface area contributed by atoms with Gasteiger partial charge in [0.05, 0.1) is 5.69 Å². The number of aliphatic imine (C=N–C) groups is 1. The van der Waals surface area contributed by atoms with Gasteiger partial charge in [-0.05, 0) is 12.1 Å². The number of halogens is 2. The Morgan fingerprint density at radius 1 is 1.25 bits per heavy atom. The van der Waals surface area contributed by atoms with Crippen LogP contribution in [0.4, 0.5) is 14.5 Å². The van der Waals surface area contributed by atoms with E-state index in [-0.39, 0.29) is 5.56 Å². The maximum Gasteiger partial charge on any atom is 0.263 e. The molecule has 0 aliphatic carbocycles. The van der Waals surface area contributed by atoms with Gasteiger partial charge in [-0.15, -0.1) is 0 Å². The zero-order chi connectivity index (χ0) is 8.97. The molecule has 2 nitrogen and oxygen atoms in total. The quantitative estimate of drug-likeness (QED) is 0.494. The molecule has 0 bridgehead atoms. The molecule has 0 radical (unpaired) electrons. The number of isocyanates is 1. The lowest BCUT2D eigenvalue weighted by molar-refractivity contribution is 0.151. The fourth-order valence-corrected chi connectivity index (χ4v) is 0.747. The minimum Gasteiger partial charge on any atom is -0.211 e. The molecule has 0 atom stereocenters. The Morgan fingerprint density at radius 3 is 2.25 bits per heavy atom. The van der Waals surface area contributed by atoms with Gasteiger partial charge in [-0.3, -0.25) is 0 Å². The second-order valence-corrected chi connectivity index (χ2v) is 2.10. The summed E-state index contributed by atoms with van der Waals surface area (Å²) in [6.45, 7) is 0. The molecule has 0 spiro atoms. The van der Waals surface area contributed by atoms with E-state index in [1.54, 1.807) is 0 Å². The first-order valence-corrected chi connectivity index (χ1v) is 3.20. The van der Waals surface area contributed by atoms with E-state index in [2.05, 4.69) is 4.99 Å². The van der Waals surface area contributed by atoms with Crippen LogP contribution in [0.3, 0.4) is 0 Å². The van der Waals surface area contributed by atoms with E-state index in [4.69, 9.17) is 0 Å². The van der Waals surface area contributed by atoms with Gasteiger partial charge in [0.2, 0.25) is 6.08 Å². The molecule has 0 heterocycles. The number of rotatable bonds is 2. The molecule has 0 aromatic heterocycles. The Balaban J connectivity index is 2.92. The van der Waals surface area contributed by atoms with Crippen LogP contribution in [0.1, 0.15) is 12.0 Å². The molecule has 1 rings (SSSR count). The van der Waals surface area contributed by atoms with Crippen LogP contribution in [0.5, 0.6) is 0 Å². The van der Waals surface area contributed by atoms with Gasteiger partial charge in [0, 0.05) is 5.56 Å². The summed E-state index contributed by atoms with van der Waals surface area (Å²) in [4.78, 5) is 13.0. The Labute approximate surface area is 67.5 Å². The first-order chi connectivity index (χ1) is 5.74. The standard InChI is InChI=1S/C8H5F2NO/c9-8(10)6-1-3-7(4-2-6)11-5-12/h1-4,8H. The molecule has 0 N–H and O–H groups in total. The molecule has 0 amide bonds. The van der Waals surface area contributed by atoms with Crippen LogP contribution in [0.25, 0.3) is 0 Å². The third kappa shape index (κ3) is 1.97. The van der Waals surface area contributed by atoms with E-state index >= 15 is 0 Å². The van der Waals surface area contributed by atoms with Crippen molar-refractivity contribution in [3.8, 4) is 0 Å². The number of nitrogens with zero attached hydrogens (tertiary/aromatic N) is 1. The second kappa shape index (κ2) is 3.74. The van der Waals surface area contributed by atoms with Crippen LogP contribution in [0.2, 0.25) is 0 Å². The summed E-state index contributed by atoms with van der Waals surface area (Å²) in [5.74, 6) is 0. The smallest absolute Gasteiger partial charge is 0.211 e. The summed E-state index contributed by atoms with van der Waals surface area (Å²) in [7, 11) is 0. The third-order valence-electron chi connectivity index (χ3n) is 1.32. The molecule has 0 unspecified atom stereocenters. The molecule has 4 heteroatoms. The van der Waals surface area contributed by atoms with Crippen molar-refractivity contribution in [1.82, 2.24) is 0 Å². The van der Waals surface area contributed by atoms with Crippen molar-refractivity contribution >= 4 is 11.8 Å². The Hall–Kier alpha value is -1.54. The first-order valence-electron chi connectivity index (χ1n) is 3.20. The zero-order valence-electron chi connectivity index (χ0n) is 6.00. The summed E-state index contributed by atoms with van der Waals surface area (Å²) in [6.07, 6.45) is -1.17. The summed E-state index contributed by atoms with van der Waals surface area (Å²) in [5, 5.41) is 0. The fraction of sp³-hybridized carbons (Fsp3) is 0.125. The van der Waals surface area contributed by atoms with E-state index in [9.17, 15) is 13.6 Å². The van der Waals surface area contributed by atoms with Gasteiger partial charge in [0.1, 0.15) is 0 Å². The Kier molecular flexibility index (Phi) is 2.66. The van der Waals surface area contributed by atoms with Gasteiger partial charge in [0.15, 0.2) is 0 Å². The van der Waals surface area contributed by atoms with Gasteiger partial charge >= 0.3 is 0 Å². The largest absolute Gasteiger partial charge is 0.263 e. The van der Waals surface area contributed by atoms with Crippen molar-refractivity contribution in [2.45, 2.75) is 6.43 Å². The fourth-order valence-electron chi connectivity index (χ4n) is 0.747. The maximum absolute atomic E-state index is 12.0. The molecule has 12 heavy (non-hydrogen) atoms. The molecule has 0 saturated heterocycles. The lowest BCUT2D eigenvalue weighted by atomic mass is 10.2. The van der Waals surface area contributed by atoms with Crippen molar-refractivity contribution < 1.29 is 13.6 Å². The summed E-state index contributed by atoms with van der Waals surface area (Å²) >= 11 is 0. The topological polar surface area (TPSA) is 29.4 Å². The molecule has 0 saturated carbocycles. The van der Waals surface area contributed by atoms with Gasteiger partial charge in [0.25, 0.3) is 6.43 Å². The zero-order valence-corrected chi connectivity index (χ0v) is 6.00. The molecule has 0 aliphatic rings. The van der Waals surface area contributed by atoms with E-state index < -0.39 is 6.43 Å². The predicted molar refractivity (Wildman–Crippen MR) is 39.2 cm³/mol. The normalized spacial score (nSPS) is 9.58. The number of benzene rings is 1. The van der Waals surface area contributed by atoms with Gasteiger partial charge in [-0.25, -0.2) is 13.6 Å². The van der Waals surface area contributed by atoms with Crippen LogP contribution in [0, 0.1) is 0 Å². The molecular formula is C8H5F2NO.